The quantitative estimate of drug-likeness (QED) is 0.568. The van der Waals surface area contributed by atoms with Gasteiger partial charge in [0.2, 0.25) is 0 Å². The lowest BCUT2D eigenvalue weighted by molar-refractivity contribution is -0.385. The lowest BCUT2D eigenvalue weighted by atomic mass is 10.1. The maximum absolute atomic E-state index is 12.3. The predicted octanol–water partition coefficient (Wildman–Crippen LogP) is 3.62. The first-order valence-electron chi connectivity index (χ1n) is 7.56. The van der Waals surface area contributed by atoms with Gasteiger partial charge in [-0.3, -0.25) is 14.9 Å². The molecule has 1 heterocycles. The minimum atomic E-state index is -0.478. The van der Waals surface area contributed by atoms with E-state index in [0.29, 0.717) is 17.7 Å². The molecule has 24 heavy (non-hydrogen) atoms. The van der Waals surface area contributed by atoms with Crippen molar-refractivity contribution in [3.63, 3.8) is 0 Å². The average molecular weight is 323 g/mol. The molecule has 3 aromatic rings. The first-order valence-corrected chi connectivity index (χ1v) is 7.56. The number of amides is 1. The average Bonchev–Trinajstić information content (AvgIpc) is 2.91. The SMILES string of the molecule is Cc1cc2cc(CNC(=O)c3cccc([N+](=O)[O-])c3C)ccc2[nH]1. The molecule has 0 aliphatic heterocycles. The fraction of sp³-hybridized carbons (Fsp3) is 0.167. The minimum absolute atomic E-state index is 0.0492. The molecule has 1 amide bonds. The van der Waals surface area contributed by atoms with E-state index in [1.54, 1.807) is 13.0 Å². The van der Waals surface area contributed by atoms with Crippen LogP contribution in [0, 0.1) is 24.0 Å². The van der Waals surface area contributed by atoms with Gasteiger partial charge in [0.15, 0.2) is 0 Å². The zero-order chi connectivity index (χ0) is 17.3. The van der Waals surface area contributed by atoms with Gasteiger partial charge in [0.05, 0.1) is 4.92 Å². The number of aryl methyl sites for hydroxylation is 1. The highest BCUT2D eigenvalue weighted by Gasteiger charge is 2.17. The smallest absolute Gasteiger partial charge is 0.273 e. The molecule has 1 aromatic heterocycles. The number of fused-ring (bicyclic) bond motifs is 1. The molecule has 0 atom stereocenters. The molecule has 0 aliphatic carbocycles. The highest BCUT2D eigenvalue weighted by Crippen LogP contribution is 2.21. The fourth-order valence-corrected chi connectivity index (χ4v) is 2.78. The van der Waals surface area contributed by atoms with Crippen molar-refractivity contribution >= 4 is 22.5 Å². The van der Waals surface area contributed by atoms with E-state index >= 15 is 0 Å². The van der Waals surface area contributed by atoms with E-state index in [1.165, 1.54) is 12.1 Å². The molecule has 2 N–H and O–H groups in total. The standard InChI is InChI=1S/C18H17N3O3/c1-11-8-14-9-13(6-7-16(14)20-11)10-19-18(22)15-4-3-5-17(12(15)2)21(23)24/h3-9,20H,10H2,1-2H3,(H,19,22). The van der Waals surface area contributed by atoms with Crippen LogP contribution >= 0.6 is 0 Å². The van der Waals surface area contributed by atoms with Crippen LogP contribution in [0.1, 0.15) is 27.2 Å². The van der Waals surface area contributed by atoms with Gasteiger partial charge < -0.3 is 10.3 Å². The van der Waals surface area contributed by atoms with E-state index in [4.69, 9.17) is 0 Å². The highest BCUT2D eigenvalue weighted by atomic mass is 16.6. The van der Waals surface area contributed by atoms with E-state index in [0.717, 1.165) is 22.2 Å². The molecular weight excluding hydrogens is 306 g/mol. The normalized spacial score (nSPS) is 10.8. The van der Waals surface area contributed by atoms with Crippen LogP contribution in [0.5, 0.6) is 0 Å². The third kappa shape index (κ3) is 2.99. The van der Waals surface area contributed by atoms with E-state index in [2.05, 4.69) is 10.3 Å². The lowest BCUT2D eigenvalue weighted by Gasteiger charge is -2.08. The van der Waals surface area contributed by atoms with Crippen LogP contribution in [0.25, 0.3) is 10.9 Å². The Balaban J connectivity index is 1.77. The van der Waals surface area contributed by atoms with Crippen LogP contribution in [0.2, 0.25) is 0 Å². The number of aromatic nitrogens is 1. The Morgan fingerprint density at radius 3 is 2.75 bits per heavy atom. The molecule has 0 fully saturated rings. The monoisotopic (exact) mass is 323 g/mol. The summed E-state index contributed by atoms with van der Waals surface area (Å²) < 4.78 is 0. The second-order valence-electron chi connectivity index (χ2n) is 5.76. The van der Waals surface area contributed by atoms with Crippen LogP contribution in [0.15, 0.2) is 42.5 Å². The topological polar surface area (TPSA) is 88.0 Å². The summed E-state index contributed by atoms with van der Waals surface area (Å²) in [4.78, 5) is 26.1. The second-order valence-corrected chi connectivity index (χ2v) is 5.76. The Morgan fingerprint density at radius 2 is 2.00 bits per heavy atom. The summed E-state index contributed by atoms with van der Waals surface area (Å²) in [6.45, 7) is 3.94. The summed E-state index contributed by atoms with van der Waals surface area (Å²) in [6, 6.07) is 12.5. The summed E-state index contributed by atoms with van der Waals surface area (Å²) >= 11 is 0. The largest absolute Gasteiger partial charge is 0.359 e. The number of H-pyrrole nitrogens is 1. The number of hydrogen-bond acceptors (Lipinski definition) is 3. The van der Waals surface area contributed by atoms with Crippen molar-refractivity contribution in [2.75, 3.05) is 0 Å². The van der Waals surface area contributed by atoms with E-state index < -0.39 is 4.92 Å². The molecule has 3 rings (SSSR count). The number of nitro groups is 1. The Kier molecular flexibility index (Phi) is 4.04. The second kappa shape index (κ2) is 6.16. The summed E-state index contributed by atoms with van der Waals surface area (Å²) in [5.74, 6) is -0.318. The van der Waals surface area contributed by atoms with Crippen LogP contribution in [-0.2, 0) is 6.54 Å². The van der Waals surface area contributed by atoms with Gasteiger partial charge in [0, 0.05) is 34.9 Å². The number of hydrogen-bond donors (Lipinski definition) is 2. The molecular formula is C18H17N3O3. The molecule has 0 aliphatic rings. The van der Waals surface area contributed by atoms with Crippen molar-refractivity contribution in [2.45, 2.75) is 20.4 Å². The number of benzene rings is 2. The highest BCUT2D eigenvalue weighted by molar-refractivity contribution is 5.96. The van der Waals surface area contributed by atoms with Crippen LogP contribution < -0.4 is 5.32 Å². The van der Waals surface area contributed by atoms with Gasteiger partial charge in [-0.15, -0.1) is 0 Å². The number of carbonyl (C=O) groups is 1. The first kappa shape index (κ1) is 15.7. The van der Waals surface area contributed by atoms with Crippen molar-refractivity contribution in [2.24, 2.45) is 0 Å². The third-order valence-electron chi connectivity index (χ3n) is 4.02. The molecule has 6 heteroatoms. The van der Waals surface area contributed by atoms with Crippen LogP contribution in [-0.4, -0.2) is 15.8 Å². The molecule has 0 saturated heterocycles. The third-order valence-corrected chi connectivity index (χ3v) is 4.02. The van der Waals surface area contributed by atoms with Crippen molar-refractivity contribution in [3.05, 3.63) is 75.0 Å². The maximum atomic E-state index is 12.3. The molecule has 6 nitrogen and oxygen atoms in total. The zero-order valence-corrected chi connectivity index (χ0v) is 13.4. The summed E-state index contributed by atoms with van der Waals surface area (Å²) in [5.41, 5.74) is 3.75. The summed E-state index contributed by atoms with van der Waals surface area (Å²) in [6.07, 6.45) is 0. The molecule has 122 valence electrons. The molecule has 0 unspecified atom stereocenters. The van der Waals surface area contributed by atoms with Gasteiger partial charge in [-0.05, 0) is 49.1 Å². The lowest BCUT2D eigenvalue weighted by Crippen LogP contribution is -2.23. The van der Waals surface area contributed by atoms with E-state index in [1.807, 2.05) is 31.2 Å². The van der Waals surface area contributed by atoms with Gasteiger partial charge in [-0.2, -0.15) is 0 Å². The Labute approximate surface area is 138 Å². The van der Waals surface area contributed by atoms with Crippen LogP contribution in [0.3, 0.4) is 0 Å². The molecule has 0 bridgehead atoms. The van der Waals surface area contributed by atoms with Crippen molar-refractivity contribution in [1.29, 1.82) is 0 Å². The number of nitro benzene ring substituents is 1. The zero-order valence-electron chi connectivity index (χ0n) is 13.4. The molecule has 2 aromatic carbocycles. The van der Waals surface area contributed by atoms with Gasteiger partial charge in [0.25, 0.3) is 11.6 Å². The van der Waals surface area contributed by atoms with Crippen LogP contribution in [0.4, 0.5) is 5.69 Å². The van der Waals surface area contributed by atoms with E-state index in [9.17, 15) is 14.9 Å². The fourth-order valence-electron chi connectivity index (χ4n) is 2.78. The molecule has 0 radical (unpaired) electrons. The summed E-state index contributed by atoms with van der Waals surface area (Å²) in [5, 5.41) is 14.9. The van der Waals surface area contributed by atoms with Crippen molar-refractivity contribution in [3.8, 4) is 0 Å². The molecule has 0 saturated carbocycles. The Hall–Kier alpha value is -3.15. The van der Waals surface area contributed by atoms with Gasteiger partial charge in [0.1, 0.15) is 0 Å². The Morgan fingerprint density at radius 1 is 1.21 bits per heavy atom. The number of nitrogens with one attached hydrogen (secondary N) is 2. The number of carbonyl (C=O) groups excluding carboxylic acids is 1. The van der Waals surface area contributed by atoms with Gasteiger partial charge in [-0.1, -0.05) is 12.1 Å². The maximum Gasteiger partial charge on any atom is 0.273 e. The van der Waals surface area contributed by atoms with Gasteiger partial charge >= 0.3 is 0 Å². The van der Waals surface area contributed by atoms with E-state index in [-0.39, 0.29) is 11.6 Å². The number of rotatable bonds is 4. The minimum Gasteiger partial charge on any atom is -0.359 e. The van der Waals surface area contributed by atoms with Crippen molar-refractivity contribution < 1.29 is 9.72 Å². The van der Waals surface area contributed by atoms with Gasteiger partial charge in [-0.25, -0.2) is 0 Å². The number of aromatic amines is 1. The molecule has 0 spiro atoms. The predicted molar refractivity (Wildman–Crippen MR) is 92.0 cm³/mol. The number of nitrogens with zero attached hydrogens (tertiary/aromatic N) is 1. The Bertz CT molecular complexity index is 944. The summed E-state index contributed by atoms with van der Waals surface area (Å²) in [7, 11) is 0. The first-order chi connectivity index (χ1) is 11.5. The van der Waals surface area contributed by atoms with Crippen molar-refractivity contribution in [1.82, 2.24) is 10.3 Å².